The minimum Gasteiger partial charge on any atom is -0.356 e. The van der Waals surface area contributed by atoms with E-state index in [-0.39, 0.29) is 17.3 Å². The van der Waals surface area contributed by atoms with Crippen LogP contribution in [0.3, 0.4) is 0 Å². The quantitative estimate of drug-likeness (QED) is 0.679. The highest BCUT2D eigenvalue weighted by Crippen LogP contribution is 2.28. The van der Waals surface area contributed by atoms with Gasteiger partial charge in [0.1, 0.15) is 11.6 Å². The number of nitrogens with zero attached hydrogens (tertiary/aromatic N) is 3. The van der Waals surface area contributed by atoms with Gasteiger partial charge in [-0.2, -0.15) is 0 Å². The molecule has 0 aliphatic carbocycles. The van der Waals surface area contributed by atoms with Crippen LogP contribution in [0.25, 0.3) is 16.5 Å². The minimum absolute atomic E-state index is 0.109. The molecule has 3 heterocycles. The van der Waals surface area contributed by atoms with Crippen molar-refractivity contribution in [3.8, 4) is 5.69 Å². The van der Waals surface area contributed by atoms with Gasteiger partial charge in [-0.15, -0.1) is 0 Å². The van der Waals surface area contributed by atoms with Crippen LogP contribution in [0.4, 0.5) is 10.2 Å². The third kappa shape index (κ3) is 3.34. The van der Waals surface area contributed by atoms with Gasteiger partial charge in [0.2, 0.25) is 0 Å². The van der Waals surface area contributed by atoms with E-state index >= 15 is 0 Å². The maximum absolute atomic E-state index is 13.4. The average molecular weight is 365 g/mol. The Hall–Kier alpha value is -2.69. The number of rotatable bonds is 3. The molecule has 5 heteroatoms. The molecule has 0 spiro atoms. The first-order valence-corrected chi connectivity index (χ1v) is 9.62. The van der Waals surface area contributed by atoms with Crippen LogP contribution in [0.15, 0.2) is 47.4 Å². The van der Waals surface area contributed by atoms with Gasteiger partial charge in [0.15, 0.2) is 0 Å². The van der Waals surface area contributed by atoms with E-state index in [0.717, 1.165) is 42.8 Å². The van der Waals surface area contributed by atoms with Crippen molar-refractivity contribution >= 4 is 16.6 Å². The zero-order chi connectivity index (χ0) is 19.0. The maximum Gasteiger partial charge on any atom is 0.266 e. The van der Waals surface area contributed by atoms with Crippen LogP contribution in [0.1, 0.15) is 44.7 Å². The zero-order valence-corrected chi connectivity index (χ0v) is 15.8. The maximum atomic E-state index is 13.4. The molecule has 1 fully saturated rings. The number of hydrogen-bond donors (Lipinski definition) is 0. The van der Waals surface area contributed by atoms with Crippen LogP contribution >= 0.6 is 0 Å². The van der Waals surface area contributed by atoms with Gasteiger partial charge in [0, 0.05) is 30.7 Å². The second-order valence-electron chi connectivity index (χ2n) is 7.50. The van der Waals surface area contributed by atoms with Crippen molar-refractivity contribution in [3.05, 3.63) is 64.5 Å². The van der Waals surface area contributed by atoms with E-state index in [9.17, 15) is 9.18 Å². The van der Waals surface area contributed by atoms with Crippen LogP contribution in [-0.2, 0) is 0 Å². The zero-order valence-electron chi connectivity index (χ0n) is 15.8. The first kappa shape index (κ1) is 17.7. The van der Waals surface area contributed by atoms with E-state index in [4.69, 9.17) is 4.98 Å². The fraction of sp³-hybridized carbons (Fsp3) is 0.364. The summed E-state index contributed by atoms with van der Waals surface area (Å²) in [5, 5.41) is 1.56. The van der Waals surface area contributed by atoms with Gasteiger partial charge in [0.25, 0.3) is 5.56 Å². The average Bonchev–Trinajstić information content (AvgIpc) is 2.69. The van der Waals surface area contributed by atoms with E-state index in [1.54, 1.807) is 22.9 Å². The summed E-state index contributed by atoms with van der Waals surface area (Å²) in [6, 6.07) is 9.97. The highest BCUT2D eigenvalue weighted by Gasteiger charge is 2.20. The molecule has 2 aromatic heterocycles. The molecule has 0 saturated carbocycles. The smallest absolute Gasteiger partial charge is 0.266 e. The van der Waals surface area contributed by atoms with Gasteiger partial charge < -0.3 is 4.90 Å². The Morgan fingerprint density at radius 3 is 2.41 bits per heavy atom. The molecular formula is C22H24FN3O. The van der Waals surface area contributed by atoms with Crippen molar-refractivity contribution in [2.24, 2.45) is 0 Å². The van der Waals surface area contributed by atoms with Crippen LogP contribution in [-0.4, -0.2) is 22.6 Å². The second kappa shape index (κ2) is 7.14. The summed E-state index contributed by atoms with van der Waals surface area (Å²) in [6.07, 6.45) is 5.22. The fourth-order valence-electron chi connectivity index (χ4n) is 3.70. The number of benzene rings is 1. The first-order valence-electron chi connectivity index (χ1n) is 9.62. The Kier molecular flexibility index (Phi) is 4.68. The molecule has 0 N–H and O–H groups in total. The van der Waals surface area contributed by atoms with Crippen LogP contribution in [0.5, 0.6) is 0 Å². The molecule has 0 atom stereocenters. The van der Waals surface area contributed by atoms with Crippen molar-refractivity contribution in [1.29, 1.82) is 0 Å². The molecule has 0 amide bonds. The molecule has 3 aromatic rings. The molecular weight excluding hydrogens is 341 g/mol. The standard InChI is InChI=1S/C22H24FN3O/c1-15(2)19-14-16-10-13-26(18-8-6-17(23)7-9-18)22(27)20(16)21(24-19)25-11-4-3-5-12-25/h6-10,13-15H,3-5,11-12H2,1-2H3. The van der Waals surface area contributed by atoms with Gasteiger partial charge in [-0.1, -0.05) is 13.8 Å². The lowest BCUT2D eigenvalue weighted by Crippen LogP contribution is -2.32. The Bertz CT molecular complexity index is 1020. The van der Waals surface area contributed by atoms with Gasteiger partial charge >= 0.3 is 0 Å². The number of aromatic nitrogens is 2. The first-order chi connectivity index (χ1) is 13.0. The Morgan fingerprint density at radius 1 is 1.04 bits per heavy atom. The molecule has 1 aliphatic rings. The molecule has 1 aromatic carbocycles. The highest BCUT2D eigenvalue weighted by atomic mass is 19.1. The van der Waals surface area contributed by atoms with Gasteiger partial charge in [0.05, 0.1) is 5.39 Å². The fourth-order valence-corrected chi connectivity index (χ4v) is 3.70. The largest absolute Gasteiger partial charge is 0.356 e. The van der Waals surface area contributed by atoms with E-state index in [1.807, 2.05) is 12.1 Å². The summed E-state index contributed by atoms with van der Waals surface area (Å²) in [7, 11) is 0. The normalized spacial score (nSPS) is 14.9. The molecule has 1 aliphatic heterocycles. The minimum atomic E-state index is -0.315. The van der Waals surface area contributed by atoms with E-state index in [2.05, 4.69) is 18.7 Å². The number of piperidine rings is 1. The SMILES string of the molecule is CC(C)c1cc2ccn(-c3ccc(F)cc3)c(=O)c2c(N2CCCCC2)n1. The Labute approximate surface area is 158 Å². The summed E-state index contributed by atoms with van der Waals surface area (Å²) in [4.78, 5) is 20.5. The number of halogens is 1. The van der Waals surface area contributed by atoms with Gasteiger partial charge in [-0.3, -0.25) is 9.36 Å². The Balaban J connectivity index is 1.95. The van der Waals surface area contributed by atoms with Crippen molar-refractivity contribution in [2.75, 3.05) is 18.0 Å². The lowest BCUT2D eigenvalue weighted by atomic mass is 10.0. The van der Waals surface area contributed by atoms with Gasteiger partial charge in [-0.05, 0) is 67.0 Å². The predicted octanol–water partition coefficient (Wildman–Crippen LogP) is 4.64. The van der Waals surface area contributed by atoms with E-state index in [0.29, 0.717) is 11.1 Å². The molecule has 4 rings (SSSR count). The molecule has 140 valence electrons. The van der Waals surface area contributed by atoms with Crippen molar-refractivity contribution < 1.29 is 4.39 Å². The van der Waals surface area contributed by atoms with Crippen molar-refractivity contribution in [1.82, 2.24) is 9.55 Å². The van der Waals surface area contributed by atoms with E-state index < -0.39 is 0 Å². The Morgan fingerprint density at radius 2 is 1.74 bits per heavy atom. The summed E-state index contributed by atoms with van der Waals surface area (Å²) < 4.78 is 14.9. The third-order valence-electron chi connectivity index (χ3n) is 5.24. The lowest BCUT2D eigenvalue weighted by Gasteiger charge is -2.29. The summed E-state index contributed by atoms with van der Waals surface area (Å²) >= 11 is 0. The molecule has 0 unspecified atom stereocenters. The molecule has 0 bridgehead atoms. The molecule has 0 radical (unpaired) electrons. The van der Waals surface area contributed by atoms with Crippen LogP contribution in [0, 0.1) is 5.82 Å². The summed E-state index contributed by atoms with van der Waals surface area (Å²) in [5.74, 6) is 0.764. The molecule has 27 heavy (non-hydrogen) atoms. The predicted molar refractivity (Wildman–Crippen MR) is 107 cm³/mol. The topological polar surface area (TPSA) is 38.1 Å². The summed E-state index contributed by atoms with van der Waals surface area (Å²) in [5.41, 5.74) is 1.55. The van der Waals surface area contributed by atoms with Crippen LogP contribution < -0.4 is 10.5 Å². The van der Waals surface area contributed by atoms with Crippen molar-refractivity contribution in [3.63, 3.8) is 0 Å². The molecule has 1 saturated heterocycles. The van der Waals surface area contributed by atoms with Crippen molar-refractivity contribution in [2.45, 2.75) is 39.0 Å². The third-order valence-corrected chi connectivity index (χ3v) is 5.24. The van der Waals surface area contributed by atoms with Gasteiger partial charge in [-0.25, -0.2) is 9.37 Å². The van der Waals surface area contributed by atoms with E-state index in [1.165, 1.54) is 18.6 Å². The second-order valence-corrected chi connectivity index (χ2v) is 7.50. The summed E-state index contributed by atoms with van der Waals surface area (Å²) in [6.45, 7) is 6.09. The number of fused-ring (bicyclic) bond motifs is 1. The van der Waals surface area contributed by atoms with Crippen LogP contribution in [0.2, 0.25) is 0 Å². The number of hydrogen-bond acceptors (Lipinski definition) is 3. The number of pyridine rings is 2. The molecule has 4 nitrogen and oxygen atoms in total. The highest BCUT2D eigenvalue weighted by molar-refractivity contribution is 5.92. The lowest BCUT2D eigenvalue weighted by molar-refractivity contribution is 0.573. The number of anilines is 1. The monoisotopic (exact) mass is 365 g/mol.